The molecule has 5 heteroatoms. The maximum absolute atomic E-state index is 10.6. The SMILES string of the molecule is CCCNc1cn(CCOC(C)=O)nc1C. The first-order chi connectivity index (χ1) is 7.63. The first-order valence-electron chi connectivity index (χ1n) is 5.54. The van der Waals surface area contributed by atoms with Crippen molar-refractivity contribution in [2.45, 2.75) is 33.7 Å². The number of ether oxygens (including phenoxy) is 1. The van der Waals surface area contributed by atoms with E-state index in [2.05, 4.69) is 17.3 Å². The Kier molecular flexibility index (Phi) is 4.82. The van der Waals surface area contributed by atoms with E-state index in [1.807, 2.05) is 13.1 Å². The van der Waals surface area contributed by atoms with E-state index >= 15 is 0 Å². The lowest BCUT2D eigenvalue weighted by atomic mass is 10.4. The first-order valence-corrected chi connectivity index (χ1v) is 5.54. The summed E-state index contributed by atoms with van der Waals surface area (Å²) >= 11 is 0. The van der Waals surface area contributed by atoms with Gasteiger partial charge in [-0.15, -0.1) is 0 Å². The van der Waals surface area contributed by atoms with Crippen molar-refractivity contribution in [3.05, 3.63) is 11.9 Å². The van der Waals surface area contributed by atoms with Crippen LogP contribution in [0.2, 0.25) is 0 Å². The van der Waals surface area contributed by atoms with Crippen LogP contribution < -0.4 is 5.32 Å². The number of nitrogens with one attached hydrogen (secondary N) is 1. The number of hydrogen-bond acceptors (Lipinski definition) is 4. The van der Waals surface area contributed by atoms with Crippen molar-refractivity contribution in [1.29, 1.82) is 0 Å². The van der Waals surface area contributed by atoms with Gasteiger partial charge >= 0.3 is 5.97 Å². The molecule has 5 nitrogen and oxygen atoms in total. The van der Waals surface area contributed by atoms with Crippen LogP contribution in [0.1, 0.15) is 26.0 Å². The van der Waals surface area contributed by atoms with Gasteiger partial charge in [0, 0.05) is 19.7 Å². The van der Waals surface area contributed by atoms with Gasteiger partial charge in [-0.3, -0.25) is 9.48 Å². The lowest BCUT2D eigenvalue weighted by Gasteiger charge is -2.02. The summed E-state index contributed by atoms with van der Waals surface area (Å²) < 4.78 is 6.64. The van der Waals surface area contributed by atoms with Crippen molar-refractivity contribution >= 4 is 11.7 Å². The van der Waals surface area contributed by atoms with Gasteiger partial charge in [0.25, 0.3) is 0 Å². The third-order valence-electron chi connectivity index (χ3n) is 2.14. The maximum Gasteiger partial charge on any atom is 0.302 e. The molecule has 90 valence electrons. The Bertz CT molecular complexity index is 347. The van der Waals surface area contributed by atoms with Crippen LogP contribution in [-0.2, 0) is 16.1 Å². The van der Waals surface area contributed by atoms with E-state index in [1.165, 1.54) is 6.92 Å². The van der Waals surface area contributed by atoms with Crippen LogP contribution in [-0.4, -0.2) is 28.9 Å². The summed E-state index contributed by atoms with van der Waals surface area (Å²) in [5, 5.41) is 7.61. The summed E-state index contributed by atoms with van der Waals surface area (Å²) in [5.41, 5.74) is 2.01. The fraction of sp³-hybridized carbons (Fsp3) is 0.636. The number of nitrogens with zero attached hydrogens (tertiary/aromatic N) is 2. The Morgan fingerprint density at radius 3 is 3.00 bits per heavy atom. The highest BCUT2D eigenvalue weighted by Gasteiger charge is 2.03. The molecule has 1 N–H and O–H groups in total. The standard InChI is InChI=1S/C11H19N3O2/c1-4-5-12-11-8-14(13-9(11)2)6-7-16-10(3)15/h8,12H,4-7H2,1-3H3. The van der Waals surface area contributed by atoms with Crippen molar-refractivity contribution in [3.63, 3.8) is 0 Å². The minimum atomic E-state index is -0.256. The summed E-state index contributed by atoms with van der Waals surface area (Å²) in [5.74, 6) is -0.256. The predicted molar refractivity (Wildman–Crippen MR) is 62.4 cm³/mol. The van der Waals surface area contributed by atoms with Gasteiger partial charge < -0.3 is 10.1 Å². The molecule has 1 aromatic rings. The van der Waals surface area contributed by atoms with E-state index in [0.29, 0.717) is 13.2 Å². The maximum atomic E-state index is 10.6. The molecule has 0 atom stereocenters. The number of carbonyl (C=O) groups is 1. The minimum absolute atomic E-state index is 0.256. The van der Waals surface area contributed by atoms with E-state index < -0.39 is 0 Å². The van der Waals surface area contributed by atoms with Crippen molar-refractivity contribution < 1.29 is 9.53 Å². The molecule has 0 unspecified atom stereocenters. The molecule has 0 aliphatic heterocycles. The highest BCUT2D eigenvalue weighted by molar-refractivity contribution is 5.65. The van der Waals surface area contributed by atoms with E-state index in [1.54, 1.807) is 4.68 Å². The number of esters is 1. The van der Waals surface area contributed by atoms with Crippen molar-refractivity contribution in [2.75, 3.05) is 18.5 Å². The molecule has 16 heavy (non-hydrogen) atoms. The second-order valence-electron chi connectivity index (χ2n) is 3.66. The summed E-state index contributed by atoms with van der Waals surface area (Å²) in [7, 11) is 0. The van der Waals surface area contributed by atoms with Crippen molar-refractivity contribution in [3.8, 4) is 0 Å². The van der Waals surface area contributed by atoms with E-state index in [-0.39, 0.29) is 5.97 Å². The normalized spacial score (nSPS) is 10.2. The minimum Gasteiger partial charge on any atom is -0.464 e. The number of aromatic nitrogens is 2. The monoisotopic (exact) mass is 225 g/mol. The largest absolute Gasteiger partial charge is 0.464 e. The zero-order valence-electron chi connectivity index (χ0n) is 10.1. The molecule has 0 saturated carbocycles. The predicted octanol–water partition coefficient (Wildman–Crippen LogP) is 1.58. The molecule has 0 spiro atoms. The Morgan fingerprint density at radius 2 is 2.38 bits per heavy atom. The van der Waals surface area contributed by atoms with Gasteiger partial charge in [-0.05, 0) is 13.3 Å². The number of rotatable bonds is 6. The lowest BCUT2D eigenvalue weighted by molar-refractivity contribution is -0.141. The van der Waals surface area contributed by atoms with Gasteiger partial charge in [-0.25, -0.2) is 0 Å². The Hall–Kier alpha value is -1.52. The van der Waals surface area contributed by atoms with Gasteiger partial charge in [0.05, 0.1) is 17.9 Å². The van der Waals surface area contributed by atoms with Gasteiger partial charge in [0.15, 0.2) is 0 Å². The zero-order valence-corrected chi connectivity index (χ0v) is 10.1. The topological polar surface area (TPSA) is 56.2 Å². The van der Waals surface area contributed by atoms with Gasteiger partial charge in [-0.2, -0.15) is 5.10 Å². The molecule has 0 fully saturated rings. The highest BCUT2D eigenvalue weighted by atomic mass is 16.5. The van der Waals surface area contributed by atoms with E-state index in [4.69, 9.17) is 4.74 Å². The van der Waals surface area contributed by atoms with Crippen LogP contribution in [0.4, 0.5) is 5.69 Å². The summed E-state index contributed by atoms with van der Waals surface area (Å²) in [6, 6.07) is 0. The average Bonchev–Trinajstić information content (AvgIpc) is 2.56. The van der Waals surface area contributed by atoms with Gasteiger partial charge in [0.2, 0.25) is 0 Å². The Balaban J connectivity index is 2.45. The molecule has 0 aliphatic rings. The fourth-order valence-electron chi connectivity index (χ4n) is 1.35. The van der Waals surface area contributed by atoms with Gasteiger partial charge in [0.1, 0.15) is 6.61 Å². The molecule has 1 aromatic heterocycles. The molecule has 0 bridgehead atoms. The van der Waals surface area contributed by atoms with E-state index in [0.717, 1.165) is 24.3 Å². The molecular weight excluding hydrogens is 206 g/mol. The third-order valence-corrected chi connectivity index (χ3v) is 2.14. The third kappa shape index (κ3) is 3.92. The van der Waals surface area contributed by atoms with Crippen LogP contribution >= 0.6 is 0 Å². The molecule has 0 saturated heterocycles. The molecule has 0 aliphatic carbocycles. The molecule has 0 aromatic carbocycles. The molecular formula is C11H19N3O2. The number of hydrogen-bond donors (Lipinski definition) is 1. The highest BCUT2D eigenvalue weighted by Crippen LogP contribution is 2.11. The van der Waals surface area contributed by atoms with E-state index in [9.17, 15) is 4.79 Å². The quantitative estimate of drug-likeness (QED) is 0.747. The van der Waals surface area contributed by atoms with Crippen LogP contribution in [0.3, 0.4) is 0 Å². The lowest BCUT2D eigenvalue weighted by Crippen LogP contribution is -2.09. The van der Waals surface area contributed by atoms with Crippen LogP contribution in [0, 0.1) is 6.92 Å². The molecule has 1 rings (SSSR count). The van der Waals surface area contributed by atoms with Crippen LogP contribution in [0.25, 0.3) is 0 Å². The summed E-state index contributed by atoms with van der Waals surface area (Å²) in [6.07, 6.45) is 3.02. The molecule has 1 heterocycles. The smallest absolute Gasteiger partial charge is 0.302 e. The summed E-state index contributed by atoms with van der Waals surface area (Å²) in [4.78, 5) is 10.6. The molecule has 0 radical (unpaired) electrons. The average molecular weight is 225 g/mol. The zero-order chi connectivity index (χ0) is 12.0. The molecule has 0 amide bonds. The number of carbonyl (C=O) groups excluding carboxylic acids is 1. The fourth-order valence-corrected chi connectivity index (χ4v) is 1.35. The van der Waals surface area contributed by atoms with Crippen LogP contribution in [0.5, 0.6) is 0 Å². The van der Waals surface area contributed by atoms with Crippen LogP contribution in [0.15, 0.2) is 6.20 Å². The second-order valence-corrected chi connectivity index (χ2v) is 3.66. The number of aryl methyl sites for hydroxylation is 1. The van der Waals surface area contributed by atoms with Crippen molar-refractivity contribution in [2.24, 2.45) is 0 Å². The Labute approximate surface area is 95.8 Å². The summed E-state index contributed by atoms with van der Waals surface area (Å²) in [6.45, 7) is 7.38. The van der Waals surface area contributed by atoms with Crippen molar-refractivity contribution in [1.82, 2.24) is 9.78 Å². The first kappa shape index (κ1) is 12.5. The Morgan fingerprint density at radius 1 is 1.62 bits per heavy atom. The van der Waals surface area contributed by atoms with Gasteiger partial charge in [-0.1, -0.05) is 6.92 Å². The number of anilines is 1. The second kappa shape index (κ2) is 6.15.